The van der Waals surface area contributed by atoms with Gasteiger partial charge in [0.2, 0.25) is 0 Å². The van der Waals surface area contributed by atoms with Gasteiger partial charge in [0, 0.05) is 19.1 Å². The van der Waals surface area contributed by atoms with Crippen molar-refractivity contribution >= 4 is 0 Å². The van der Waals surface area contributed by atoms with Crippen molar-refractivity contribution < 1.29 is 4.74 Å². The molecule has 0 radical (unpaired) electrons. The quantitative estimate of drug-likeness (QED) is 0.705. The lowest BCUT2D eigenvalue weighted by atomic mass is 9.97. The summed E-state index contributed by atoms with van der Waals surface area (Å²) in [6.07, 6.45) is 10.4. The Morgan fingerprint density at radius 3 is 1.89 bits per heavy atom. The molecule has 0 aromatic heterocycles. The first-order valence-corrected chi connectivity index (χ1v) is 7.65. The van der Waals surface area contributed by atoms with Crippen LogP contribution in [0, 0.1) is 0 Å². The monoisotopic (exact) mass is 253 g/mol. The molecule has 2 rings (SSSR count). The average Bonchev–Trinajstić information content (AvgIpc) is 2.43. The molecule has 18 heavy (non-hydrogen) atoms. The molecule has 1 saturated heterocycles. The second kappa shape index (κ2) is 8.71. The Morgan fingerprint density at radius 2 is 1.39 bits per heavy atom. The molecule has 1 aliphatic heterocycles. The molecule has 0 aromatic carbocycles. The Morgan fingerprint density at radius 1 is 0.889 bits per heavy atom. The fraction of sp³-hybridized carbons (Fsp3) is 0.875. The Labute approximate surface area is 113 Å². The van der Waals surface area contributed by atoms with Crippen molar-refractivity contribution in [3.63, 3.8) is 0 Å². The summed E-state index contributed by atoms with van der Waals surface area (Å²) in [6, 6.07) is 0.704. The van der Waals surface area contributed by atoms with Gasteiger partial charge in [-0.3, -0.25) is 0 Å². The van der Waals surface area contributed by atoms with Crippen LogP contribution in [0.1, 0.15) is 58.8 Å². The van der Waals surface area contributed by atoms with Gasteiger partial charge in [-0.2, -0.15) is 0 Å². The first-order valence-electron chi connectivity index (χ1n) is 7.65. The number of hydrogen-bond donors (Lipinski definition) is 0. The maximum Gasteiger partial charge on any atom is 0.0603 e. The Kier molecular flexibility index (Phi) is 7.60. The summed E-state index contributed by atoms with van der Waals surface area (Å²) in [5.74, 6) is 0. The second-order valence-electron chi connectivity index (χ2n) is 5.73. The molecule has 0 spiro atoms. The van der Waals surface area contributed by atoms with E-state index in [1.807, 2.05) is 0 Å². The average molecular weight is 253 g/mol. The molecule has 0 N–H and O–H groups in total. The van der Waals surface area contributed by atoms with E-state index in [0.717, 1.165) is 0 Å². The minimum Gasteiger partial charge on any atom is -0.375 e. The van der Waals surface area contributed by atoms with E-state index < -0.39 is 0 Å². The summed E-state index contributed by atoms with van der Waals surface area (Å²) in [7, 11) is 0. The van der Waals surface area contributed by atoms with Crippen molar-refractivity contribution in [3.8, 4) is 0 Å². The second-order valence-corrected chi connectivity index (χ2v) is 5.73. The van der Waals surface area contributed by atoms with Crippen molar-refractivity contribution in [2.24, 2.45) is 0 Å². The van der Waals surface area contributed by atoms with E-state index in [9.17, 15) is 0 Å². The van der Waals surface area contributed by atoms with E-state index in [2.05, 4.69) is 31.9 Å². The fourth-order valence-electron chi connectivity index (χ4n) is 3.00. The van der Waals surface area contributed by atoms with Gasteiger partial charge in [-0.05, 0) is 39.5 Å². The van der Waals surface area contributed by atoms with Crippen LogP contribution in [-0.2, 0) is 4.74 Å². The molecule has 0 unspecified atom stereocenters. The highest BCUT2D eigenvalue weighted by molar-refractivity contribution is 4.76. The van der Waals surface area contributed by atoms with Crippen molar-refractivity contribution in [2.75, 3.05) is 13.1 Å². The Hall–Kier alpha value is -0.340. The topological polar surface area (TPSA) is 12.5 Å². The van der Waals surface area contributed by atoms with Gasteiger partial charge < -0.3 is 9.64 Å². The van der Waals surface area contributed by atoms with E-state index in [1.165, 1.54) is 58.0 Å². The van der Waals surface area contributed by atoms with Crippen LogP contribution in [0.5, 0.6) is 0 Å². The zero-order chi connectivity index (χ0) is 13.4. The van der Waals surface area contributed by atoms with E-state index in [-0.39, 0.29) is 0 Å². The molecule has 2 aliphatic rings. The zero-order valence-electron chi connectivity index (χ0n) is 12.4. The molecule has 0 aromatic rings. The smallest absolute Gasteiger partial charge is 0.0603 e. The van der Waals surface area contributed by atoms with E-state index in [0.29, 0.717) is 18.2 Å². The lowest BCUT2D eigenvalue weighted by Crippen LogP contribution is -2.42. The van der Waals surface area contributed by atoms with Crippen LogP contribution >= 0.6 is 0 Å². The number of nitrogens with zero attached hydrogens (tertiary/aromatic N) is 1. The molecule has 2 heteroatoms. The minimum absolute atomic E-state index is 0.554. The van der Waals surface area contributed by atoms with Gasteiger partial charge in [-0.1, -0.05) is 19.3 Å². The first-order chi connectivity index (χ1) is 8.75. The van der Waals surface area contributed by atoms with Gasteiger partial charge in [-0.25, -0.2) is 0 Å². The summed E-state index contributed by atoms with van der Waals surface area (Å²) in [4.78, 5) is 2.57. The van der Waals surface area contributed by atoms with Crippen molar-refractivity contribution in [1.29, 1.82) is 0 Å². The van der Waals surface area contributed by atoms with Crippen molar-refractivity contribution in [2.45, 2.75) is 77.0 Å². The van der Waals surface area contributed by atoms with Gasteiger partial charge in [0.15, 0.2) is 0 Å². The SMILES string of the molecule is C=C.CC(C)N1CCC(OC2CCCCC2)CC1. The molecule has 2 nitrogen and oxygen atoms in total. The summed E-state index contributed by atoms with van der Waals surface area (Å²) < 4.78 is 6.23. The molecule has 106 valence electrons. The zero-order valence-corrected chi connectivity index (χ0v) is 12.4. The van der Waals surface area contributed by atoms with Gasteiger partial charge in [0.1, 0.15) is 0 Å². The molecule has 0 bridgehead atoms. The fourth-order valence-corrected chi connectivity index (χ4v) is 3.00. The molecular weight excluding hydrogens is 222 g/mol. The van der Waals surface area contributed by atoms with Crippen LogP contribution in [0.25, 0.3) is 0 Å². The number of ether oxygens (including phenoxy) is 1. The highest BCUT2D eigenvalue weighted by atomic mass is 16.5. The third kappa shape index (κ3) is 5.11. The molecule has 1 aliphatic carbocycles. The van der Waals surface area contributed by atoms with Crippen molar-refractivity contribution in [3.05, 3.63) is 13.2 Å². The van der Waals surface area contributed by atoms with Gasteiger partial charge >= 0.3 is 0 Å². The predicted octanol–water partition coefficient (Wildman–Crippen LogP) is 4.01. The normalized spacial score (nSPS) is 23.7. The molecule has 1 saturated carbocycles. The maximum atomic E-state index is 6.23. The maximum absolute atomic E-state index is 6.23. The Bertz CT molecular complexity index is 203. The summed E-state index contributed by atoms with van der Waals surface area (Å²) in [5.41, 5.74) is 0. The van der Waals surface area contributed by atoms with Crippen LogP contribution in [0.15, 0.2) is 13.2 Å². The Balaban J connectivity index is 0.000000771. The third-order valence-corrected chi connectivity index (χ3v) is 4.14. The molecule has 2 fully saturated rings. The van der Waals surface area contributed by atoms with E-state index >= 15 is 0 Å². The molecule has 1 heterocycles. The summed E-state index contributed by atoms with van der Waals surface area (Å²) >= 11 is 0. The van der Waals surface area contributed by atoms with Gasteiger partial charge in [0.25, 0.3) is 0 Å². The van der Waals surface area contributed by atoms with E-state index in [1.54, 1.807) is 0 Å². The number of likely N-dealkylation sites (tertiary alicyclic amines) is 1. The lowest BCUT2D eigenvalue weighted by Gasteiger charge is -2.36. The number of rotatable bonds is 3. The highest BCUT2D eigenvalue weighted by Gasteiger charge is 2.24. The third-order valence-electron chi connectivity index (χ3n) is 4.14. The van der Waals surface area contributed by atoms with Crippen LogP contribution < -0.4 is 0 Å². The lowest BCUT2D eigenvalue weighted by molar-refractivity contribution is -0.0586. The van der Waals surface area contributed by atoms with Crippen molar-refractivity contribution in [1.82, 2.24) is 4.90 Å². The molecule has 0 amide bonds. The largest absolute Gasteiger partial charge is 0.375 e. The standard InChI is InChI=1S/C14H27NO.C2H4/c1-12(2)15-10-8-14(9-11-15)16-13-6-4-3-5-7-13;1-2/h12-14H,3-11H2,1-2H3;1-2H2. The predicted molar refractivity (Wildman–Crippen MR) is 78.9 cm³/mol. The van der Waals surface area contributed by atoms with Gasteiger partial charge in [0.05, 0.1) is 12.2 Å². The van der Waals surface area contributed by atoms with Gasteiger partial charge in [-0.15, -0.1) is 13.2 Å². The van der Waals surface area contributed by atoms with Crippen LogP contribution in [0.4, 0.5) is 0 Å². The highest BCUT2D eigenvalue weighted by Crippen LogP contribution is 2.25. The minimum atomic E-state index is 0.554. The number of piperidine rings is 1. The van der Waals surface area contributed by atoms with E-state index in [4.69, 9.17) is 4.74 Å². The van der Waals surface area contributed by atoms with Crippen LogP contribution in [0.2, 0.25) is 0 Å². The summed E-state index contributed by atoms with van der Waals surface area (Å²) in [5, 5.41) is 0. The number of hydrogen-bond acceptors (Lipinski definition) is 2. The van der Waals surface area contributed by atoms with Crippen LogP contribution in [-0.4, -0.2) is 36.2 Å². The van der Waals surface area contributed by atoms with Crippen LogP contribution in [0.3, 0.4) is 0 Å². The molecular formula is C16H31NO. The molecule has 0 atom stereocenters. The first kappa shape index (κ1) is 15.7. The summed E-state index contributed by atoms with van der Waals surface area (Å²) in [6.45, 7) is 13.1.